The number of nitriles is 1. The highest BCUT2D eigenvalue weighted by Gasteiger charge is 2.12. The van der Waals surface area contributed by atoms with Crippen LogP contribution < -0.4 is 5.32 Å². The number of rotatable bonds is 4. The number of aromatic hydroxyl groups is 1. The minimum Gasteiger partial charge on any atom is -0.507 e. The van der Waals surface area contributed by atoms with Crippen molar-refractivity contribution in [3.8, 4) is 11.8 Å². The lowest BCUT2D eigenvalue weighted by Crippen LogP contribution is -1.92. The van der Waals surface area contributed by atoms with Gasteiger partial charge in [-0.15, -0.1) is 0 Å². The number of anilines is 2. The summed E-state index contributed by atoms with van der Waals surface area (Å²) in [5, 5.41) is 30.0. The Labute approximate surface area is 153 Å². The number of nitrogens with zero attached hydrogens (tertiary/aromatic N) is 3. The molecule has 0 amide bonds. The molecule has 0 aliphatic carbocycles. The van der Waals surface area contributed by atoms with Crippen molar-refractivity contribution in [3.63, 3.8) is 0 Å². The number of H-pyrrole nitrogens is 1. The second-order valence-corrected chi connectivity index (χ2v) is 5.88. The zero-order valence-corrected chi connectivity index (χ0v) is 14.2. The quantitative estimate of drug-likeness (QED) is 0.574. The van der Waals surface area contributed by atoms with Crippen LogP contribution in [0.15, 0.2) is 47.5 Å². The zero-order chi connectivity index (χ0) is 17.8. The number of phenolic OH excluding ortho intramolecular Hbond substituents is 1. The van der Waals surface area contributed by atoms with Crippen molar-refractivity contribution < 1.29 is 5.11 Å². The molecular weight excluding hydrogens is 361 g/mol. The Morgan fingerprint density at radius 1 is 1.20 bits per heavy atom. The van der Waals surface area contributed by atoms with Crippen LogP contribution in [-0.4, -0.2) is 21.5 Å². The van der Waals surface area contributed by atoms with E-state index in [0.717, 1.165) is 0 Å². The average molecular weight is 372 g/mol. The molecule has 25 heavy (non-hydrogen) atoms. The van der Waals surface area contributed by atoms with Gasteiger partial charge in [0, 0.05) is 27.5 Å². The normalized spacial score (nSPS) is 10.8. The van der Waals surface area contributed by atoms with E-state index in [2.05, 4.69) is 26.6 Å². The predicted octanol–water partition coefficient (Wildman–Crippen LogP) is 4.79. The third kappa shape index (κ3) is 3.91. The highest BCUT2D eigenvalue weighted by atomic mass is 35.5. The van der Waals surface area contributed by atoms with Crippen LogP contribution in [-0.2, 0) is 0 Å². The second kappa shape index (κ2) is 7.26. The topological polar surface area (TPSA) is 97.1 Å². The highest BCUT2D eigenvalue weighted by Crippen LogP contribution is 2.27. The summed E-state index contributed by atoms with van der Waals surface area (Å²) in [6.07, 6.45) is 1.42. The second-order valence-electron chi connectivity index (χ2n) is 5.00. The minimum absolute atomic E-state index is 0.00783. The van der Waals surface area contributed by atoms with Crippen LogP contribution in [0.3, 0.4) is 0 Å². The largest absolute Gasteiger partial charge is 0.507 e. The Bertz CT molecular complexity index is 991. The van der Waals surface area contributed by atoms with Gasteiger partial charge in [0.15, 0.2) is 11.6 Å². The van der Waals surface area contributed by atoms with Crippen LogP contribution in [0.5, 0.6) is 5.75 Å². The van der Waals surface area contributed by atoms with E-state index >= 15 is 0 Å². The van der Waals surface area contributed by atoms with Gasteiger partial charge in [-0.05, 0) is 36.4 Å². The van der Waals surface area contributed by atoms with Gasteiger partial charge >= 0.3 is 0 Å². The van der Waals surface area contributed by atoms with Crippen molar-refractivity contribution in [1.82, 2.24) is 10.2 Å². The van der Waals surface area contributed by atoms with E-state index in [1.165, 1.54) is 12.3 Å². The molecule has 3 rings (SSSR count). The van der Waals surface area contributed by atoms with E-state index in [-0.39, 0.29) is 17.1 Å². The maximum absolute atomic E-state index is 9.83. The lowest BCUT2D eigenvalue weighted by molar-refractivity contribution is 0.474. The van der Waals surface area contributed by atoms with Crippen LogP contribution >= 0.6 is 23.2 Å². The molecule has 8 heteroatoms. The standard InChI is InChI=1S/C17H11Cl2N5O/c18-11-2-1-3-13(6-11)22-17-14(8-20)16(23-24-17)21-9-10-4-5-12(19)7-15(10)25/h1-7,9,25H,(H2,22,23,24)/b21-9+. The molecule has 1 heterocycles. The Morgan fingerprint density at radius 3 is 2.72 bits per heavy atom. The summed E-state index contributed by atoms with van der Waals surface area (Å²) in [6, 6.07) is 13.8. The Morgan fingerprint density at radius 2 is 2.00 bits per heavy atom. The molecule has 0 saturated heterocycles. The van der Waals surface area contributed by atoms with Crippen molar-refractivity contribution in [1.29, 1.82) is 5.26 Å². The number of aliphatic imine (C=N–C) groups is 1. The molecule has 0 bridgehead atoms. The number of halogens is 2. The molecule has 0 spiro atoms. The van der Waals surface area contributed by atoms with E-state index < -0.39 is 0 Å². The SMILES string of the molecule is N#Cc1c(Nc2cccc(Cl)c2)n[nH]c1/N=C/c1ccc(Cl)cc1O. The van der Waals surface area contributed by atoms with E-state index in [9.17, 15) is 10.4 Å². The van der Waals surface area contributed by atoms with Crippen molar-refractivity contribution in [2.24, 2.45) is 4.99 Å². The van der Waals surface area contributed by atoms with Gasteiger partial charge in [-0.25, -0.2) is 4.99 Å². The fourth-order valence-corrected chi connectivity index (χ4v) is 2.44. The first kappa shape index (κ1) is 16.8. The summed E-state index contributed by atoms with van der Waals surface area (Å²) in [4.78, 5) is 4.18. The molecule has 0 saturated carbocycles. The maximum Gasteiger partial charge on any atom is 0.172 e. The number of phenols is 1. The average Bonchev–Trinajstić information content (AvgIpc) is 2.95. The van der Waals surface area contributed by atoms with Gasteiger partial charge in [0.1, 0.15) is 17.4 Å². The Hall–Kier alpha value is -3.01. The summed E-state index contributed by atoms with van der Waals surface area (Å²) in [5.41, 5.74) is 1.40. The molecule has 0 aliphatic heterocycles. The molecule has 0 radical (unpaired) electrons. The number of hydrogen-bond donors (Lipinski definition) is 3. The zero-order valence-electron chi connectivity index (χ0n) is 12.7. The number of aromatic amines is 1. The molecule has 3 aromatic rings. The summed E-state index contributed by atoms with van der Waals surface area (Å²) < 4.78 is 0. The van der Waals surface area contributed by atoms with E-state index in [4.69, 9.17) is 23.2 Å². The van der Waals surface area contributed by atoms with Crippen molar-refractivity contribution >= 4 is 46.7 Å². The molecule has 3 N–H and O–H groups in total. The van der Waals surface area contributed by atoms with Gasteiger partial charge in [0.05, 0.1) is 0 Å². The molecule has 0 unspecified atom stereocenters. The van der Waals surface area contributed by atoms with Gasteiger partial charge in [0.2, 0.25) is 0 Å². The summed E-state index contributed by atoms with van der Waals surface area (Å²) in [7, 11) is 0. The van der Waals surface area contributed by atoms with Gasteiger partial charge < -0.3 is 10.4 Å². The molecule has 2 aromatic carbocycles. The van der Waals surface area contributed by atoms with Gasteiger partial charge in [-0.2, -0.15) is 10.4 Å². The molecule has 124 valence electrons. The predicted molar refractivity (Wildman–Crippen MR) is 98.4 cm³/mol. The van der Waals surface area contributed by atoms with Crippen molar-refractivity contribution in [3.05, 3.63) is 63.6 Å². The van der Waals surface area contributed by atoms with Crippen LogP contribution in [0.4, 0.5) is 17.3 Å². The smallest absolute Gasteiger partial charge is 0.172 e. The van der Waals surface area contributed by atoms with Gasteiger partial charge in [0.25, 0.3) is 0 Å². The lowest BCUT2D eigenvalue weighted by atomic mass is 10.2. The Kier molecular flexibility index (Phi) is 4.89. The van der Waals surface area contributed by atoms with Crippen LogP contribution in [0.25, 0.3) is 0 Å². The molecule has 0 aliphatic rings. The summed E-state index contributed by atoms with van der Waals surface area (Å²) in [6.45, 7) is 0. The first-order valence-electron chi connectivity index (χ1n) is 7.10. The monoisotopic (exact) mass is 371 g/mol. The third-order valence-corrected chi connectivity index (χ3v) is 3.74. The third-order valence-electron chi connectivity index (χ3n) is 3.27. The number of nitrogens with one attached hydrogen (secondary N) is 2. The van der Waals surface area contributed by atoms with Gasteiger partial charge in [-0.3, -0.25) is 5.10 Å². The van der Waals surface area contributed by atoms with E-state index in [1.807, 2.05) is 0 Å². The number of hydrogen-bond acceptors (Lipinski definition) is 5. The molecule has 0 atom stereocenters. The first-order chi connectivity index (χ1) is 12.1. The van der Waals surface area contributed by atoms with Crippen LogP contribution in [0, 0.1) is 11.3 Å². The Balaban J connectivity index is 1.87. The molecule has 1 aromatic heterocycles. The number of benzene rings is 2. The summed E-state index contributed by atoms with van der Waals surface area (Å²) >= 11 is 11.7. The summed E-state index contributed by atoms with van der Waals surface area (Å²) in [5.74, 6) is 0.588. The lowest BCUT2D eigenvalue weighted by Gasteiger charge is -2.03. The maximum atomic E-state index is 9.83. The van der Waals surface area contributed by atoms with Gasteiger partial charge in [-0.1, -0.05) is 29.3 Å². The first-order valence-corrected chi connectivity index (χ1v) is 7.86. The molecule has 6 nitrogen and oxygen atoms in total. The van der Waals surface area contributed by atoms with Crippen LogP contribution in [0.2, 0.25) is 10.0 Å². The van der Waals surface area contributed by atoms with E-state index in [0.29, 0.717) is 27.1 Å². The van der Waals surface area contributed by atoms with E-state index in [1.54, 1.807) is 36.4 Å². The minimum atomic E-state index is -0.00783. The molecule has 0 fully saturated rings. The van der Waals surface area contributed by atoms with Crippen molar-refractivity contribution in [2.45, 2.75) is 0 Å². The van der Waals surface area contributed by atoms with Crippen molar-refractivity contribution in [2.75, 3.05) is 5.32 Å². The fourth-order valence-electron chi connectivity index (χ4n) is 2.09. The highest BCUT2D eigenvalue weighted by molar-refractivity contribution is 6.31. The fraction of sp³-hybridized carbons (Fsp3) is 0. The number of aromatic nitrogens is 2. The van der Waals surface area contributed by atoms with Crippen LogP contribution in [0.1, 0.15) is 11.1 Å². The molecular formula is C17H11Cl2N5O.